The zero-order chi connectivity index (χ0) is 15.7. The summed E-state index contributed by atoms with van der Waals surface area (Å²) in [5, 5.41) is 5.58. The highest BCUT2D eigenvalue weighted by atomic mass is 16.5. The van der Waals surface area contributed by atoms with Crippen molar-refractivity contribution in [2.24, 2.45) is 0 Å². The van der Waals surface area contributed by atoms with Crippen LogP contribution in [0.3, 0.4) is 0 Å². The average molecular weight is 296 g/mol. The number of benzene rings is 2. The number of amides is 2. The molecule has 0 bridgehead atoms. The van der Waals surface area contributed by atoms with Crippen molar-refractivity contribution in [1.29, 1.82) is 0 Å². The maximum Gasteiger partial charge on any atom is 0.265 e. The van der Waals surface area contributed by atoms with Gasteiger partial charge in [0.15, 0.2) is 6.10 Å². The molecular formula is C17H16N2O3. The zero-order valence-corrected chi connectivity index (χ0v) is 12.3. The number of fused-ring (bicyclic) bond motifs is 1. The summed E-state index contributed by atoms with van der Waals surface area (Å²) < 4.78 is 5.53. The fraction of sp³-hybridized carbons (Fsp3) is 0.176. The second kappa shape index (κ2) is 5.52. The molecule has 22 heavy (non-hydrogen) atoms. The van der Waals surface area contributed by atoms with Crippen LogP contribution in [0.2, 0.25) is 0 Å². The van der Waals surface area contributed by atoms with E-state index in [-0.39, 0.29) is 11.8 Å². The Morgan fingerprint density at radius 1 is 1.23 bits per heavy atom. The van der Waals surface area contributed by atoms with Crippen LogP contribution in [0, 0.1) is 6.92 Å². The van der Waals surface area contributed by atoms with E-state index >= 15 is 0 Å². The van der Waals surface area contributed by atoms with E-state index in [1.807, 2.05) is 25.1 Å². The monoisotopic (exact) mass is 296 g/mol. The topological polar surface area (TPSA) is 67.4 Å². The number of carbonyl (C=O) groups excluding carboxylic acids is 2. The number of hydrogen-bond acceptors (Lipinski definition) is 3. The Labute approximate surface area is 128 Å². The van der Waals surface area contributed by atoms with E-state index in [1.165, 1.54) is 0 Å². The van der Waals surface area contributed by atoms with Crippen LogP contribution in [-0.2, 0) is 4.79 Å². The van der Waals surface area contributed by atoms with Crippen molar-refractivity contribution >= 4 is 23.2 Å². The lowest BCUT2D eigenvalue weighted by Gasteiger charge is -2.25. The molecule has 1 heterocycles. The van der Waals surface area contributed by atoms with E-state index in [0.717, 1.165) is 5.56 Å². The van der Waals surface area contributed by atoms with Crippen LogP contribution in [0.4, 0.5) is 11.4 Å². The fourth-order valence-corrected chi connectivity index (χ4v) is 2.31. The van der Waals surface area contributed by atoms with E-state index < -0.39 is 6.10 Å². The first-order valence-electron chi connectivity index (χ1n) is 7.03. The van der Waals surface area contributed by atoms with Crippen molar-refractivity contribution in [1.82, 2.24) is 0 Å². The highest BCUT2D eigenvalue weighted by Crippen LogP contribution is 2.36. The standard InChI is InChI=1S/C17H16N2O3/c1-10-5-3-6-12(9-10)17(21)18-13-7-4-8-14-15(13)19-16(20)11(2)22-14/h3-9,11H,1-2H3,(H,18,21)(H,19,20). The number of rotatable bonds is 2. The molecule has 2 amide bonds. The van der Waals surface area contributed by atoms with Gasteiger partial charge in [0.25, 0.3) is 11.8 Å². The van der Waals surface area contributed by atoms with Gasteiger partial charge in [0.05, 0.1) is 5.69 Å². The summed E-state index contributed by atoms with van der Waals surface area (Å²) in [6.07, 6.45) is -0.546. The first-order chi connectivity index (χ1) is 10.5. The van der Waals surface area contributed by atoms with Crippen molar-refractivity contribution in [3.8, 4) is 5.75 Å². The molecule has 3 rings (SSSR count). The van der Waals surface area contributed by atoms with E-state index in [9.17, 15) is 9.59 Å². The second-order valence-electron chi connectivity index (χ2n) is 5.25. The van der Waals surface area contributed by atoms with Gasteiger partial charge in [-0.3, -0.25) is 9.59 Å². The summed E-state index contributed by atoms with van der Waals surface area (Å²) in [7, 11) is 0. The highest BCUT2D eigenvalue weighted by molar-refractivity contribution is 6.09. The van der Waals surface area contributed by atoms with Crippen LogP contribution < -0.4 is 15.4 Å². The third-order valence-electron chi connectivity index (χ3n) is 3.48. The third-order valence-corrected chi connectivity index (χ3v) is 3.48. The van der Waals surface area contributed by atoms with Gasteiger partial charge in [0.2, 0.25) is 0 Å². The van der Waals surface area contributed by atoms with Crippen LogP contribution in [0.25, 0.3) is 0 Å². The Morgan fingerprint density at radius 2 is 2.00 bits per heavy atom. The maximum absolute atomic E-state index is 12.3. The SMILES string of the molecule is Cc1cccc(C(=O)Nc2cccc3c2NC(=O)C(C)O3)c1. The number of hydrogen-bond donors (Lipinski definition) is 2. The van der Waals surface area contributed by atoms with Crippen molar-refractivity contribution in [2.45, 2.75) is 20.0 Å². The van der Waals surface area contributed by atoms with Gasteiger partial charge in [0, 0.05) is 5.56 Å². The Morgan fingerprint density at radius 3 is 2.77 bits per heavy atom. The molecule has 2 aromatic rings. The average Bonchev–Trinajstić information content (AvgIpc) is 2.49. The molecule has 0 radical (unpaired) electrons. The molecule has 0 fully saturated rings. The molecular weight excluding hydrogens is 280 g/mol. The first-order valence-corrected chi connectivity index (χ1v) is 7.03. The minimum Gasteiger partial charge on any atom is -0.479 e. The quantitative estimate of drug-likeness (QED) is 0.895. The molecule has 0 spiro atoms. The number of aryl methyl sites for hydroxylation is 1. The van der Waals surface area contributed by atoms with E-state index in [1.54, 1.807) is 31.2 Å². The van der Waals surface area contributed by atoms with E-state index in [0.29, 0.717) is 22.7 Å². The molecule has 2 aromatic carbocycles. The lowest BCUT2D eigenvalue weighted by Crippen LogP contribution is -2.34. The van der Waals surface area contributed by atoms with Gasteiger partial charge >= 0.3 is 0 Å². The van der Waals surface area contributed by atoms with Gasteiger partial charge < -0.3 is 15.4 Å². The summed E-state index contributed by atoms with van der Waals surface area (Å²) in [5.74, 6) is 0.0869. The Kier molecular flexibility index (Phi) is 3.55. The van der Waals surface area contributed by atoms with Crippen molar-refractivity contribution < 1.29 is 14.3 Å². The highest BCUT2D eigenvalue weighted by Gasteiger charge is 2.26. The van der Waals surface area contributed by atoms with Crippen molar-refractivity contribution in [3.05, 3.63) is 53.6 Å². The van der Waals surface area contributed by atoms with E-state index in [4.69, 9.17) is 4.74 Å². The summed E-state index contributed by atoms with van der Waals surface area (Å²) in [6.45, 7) is 3.60. The minimum absolute atomic E-state index is 0.232. The third kappa shape index (κ3) is 2.65. The number of ether oxygens (including phenoxy) is 1. The fourth-order valence-electron chi connectivity index (χ4n) is 2.31. The van der Waals surface area contributed by atoms with Gasteiger partial charge in [-0.1, -0.05) is 23.8 Å². The Bertz CT molecular complexity index is 755. The molecule has 5 heteroatoms. The maximum atomic E-state index is 12.3. The lowest BCUT2D eigenvalue weighted by molar-refractivity contribution is -0.122. The smallest absolute Gasteiger partial charge is 0.265 e. The van der Waals surface area contributed by atoms with Crippen molar-refractivity contribution in [3.63, 3.8) is 0 Å². The Hall–Kier alpha value is -2.82. The molecule has 112 valence electrons. The Balaban J connectivity index is 1.89. The van der Waals surface area contributed by atoms with Crippen molar-refractivity contribution in [2.75, 3.05) is 10.6 Å². The molecule has 2 N–H and O–H groups in total. The molecule has 0 aromatic heterocycles. The molecule has 0 saturated carbocycles. The van der Waals surface area contributed by atoms with Gasteiger partial charge in [0.1, 0.15) is 11.4 Å². The summed E-state index contributed by atoms with van der Waals surface area (Å²) >= 11 is 0. The van der Waals surface area contributed by atoms with Crippen LogP contribution >= 0.6 is 0 Å². The van der Waals surface area contributed by atoms with Crippen LogP contribution in [0.15, 0.2) is 42.5 Å². The molecule has 1 unspecified atom stereocenters. The predicted molar refractivity (Wildman–Crippen MR) is 84.3 cm³/mol. The summed E-state index contributed by atoms with van der Waals surface area (Å²) in [6, 6.07) is 12.6. The second-order valence-corrected chi connectivity index (χ2v) is 5.25. The van der Waals surface area contributed by atoms with Gasteiger partial charge in [-0.25, -0.2) is 0 Å². The predicted octanol–water partition coefficient (Wildman–Crippen LogP) is 2.97. The van der Waals surface area contributed by atoms with Gasteiger partial charge in [-0.2, -0.15) is 0 Å². The van der Waals surface area contributed by atoms with Gasteiger partial charge in [-0.05, 0) is 38.1 Å². The lowest BCUT2D eigenvalue weighted by atomic mass is 10.1. The number of nitrogens with one attached hydrogen (secondary N) is 2. The molecule has 1 aliphatic heterocycles. The number of anilines is 2. The molecule has 0 aliphatic carbocycles. The molecule has 5 nitrogen and oxygen atoms in total. The van der Waals surface area contributed by atoms with Gasteiger partial charge in [-0.15, -0.1) is 0 Å². The summed E-state index contributed by atoms with van der Waals surface area (Å²) in [5.41, 5.74) is 2.58. The van der Waals surface area contributed by atoms with E-state index in [2.05, 4.69) is 10.6 Å². The van der Waals surface area contributed by atoms with Crippen LogP contribution in [0.5, 0.6) is 5.75 Å². The normalized spacial score (nSPS) is 16.3. The first kappa shape index (κ1) is 14.1. The largest absolute Gasteiger partial charge is 0.479 e. The summed E-state index contributed by atoms with van der Waals surface area (Å²) in [4.78, 5) is 24.1. The molecule has 0 saturated heterocycles. The minimum atomic E-state index is -0.546. The number of para-hydroxylation sites is 1. The molecule has 1 atom stereocenters. The van der Waals surface area contributed by atoms with Crippen LogP contribution in [0.1, 0.15) is 22.8 Å². The zero-order valence-electron chi connectivity index (χ0n) is 12.3. The number of carbonyl (C=O) groups is 2. The van der Waals surface area contributed by atoms with Crippen LogP contribution in [-0.4, -0.2) is 17.9 Å². The molecule has 1 aliphatic rings.